The van der Waals surface area contributed by atoms with Crippen LogP contribution in [0.25, 0.3) is 0 Å². The molecule has 2 bridgehead atoms. The lowest BCUT2D eigenvalue weighted by Crippen LogP contribution is -2.59. The van der Waals surface area contributed by atoms with Gasteiger partial charge in [0.15, 0.2) is 5.72 Å². The molecule has 1 saturated heterocycles. The molecule has 0 unspecified atom stereocenters. The Morgan fingerprint density at radius 2 is 2.09 bits per heavy atom. The van der Waals surface area contributed by atoms with Crippen molar-refractivity contribution in [3.05, 3.63) is 64.7 Å². The molecule has 116 valence electrons. The van der Waals surface area contributed by atoms with Crippen LogP contribution in [-0.4, -0.2) is 30.6 Å². The van der Waals surface area contributed by atoms with Crippen molar-refractivity contribution in [2.24, 2.45) is 0 Å². The van der Waals surface area contributed by atoms with Crippen LogP contribution < -0.4 is 4.74 Å². The van der Waals surface area contributed by atoms with Crippen molar-refractivity contribution in [3.8, 4) is 5.75 Å². The third-order valence-corrected chi connectivity index (χ3v) is 5.34. The maximum atomic E-state index is 13.0. The molecule has 5 rings (SSSR count). The van der Waals surface area contributed by atoms with Crippen molar-refractivity contribution in [1.82, 2.24) is 4.90 Å². The van der Waals surface area contributed by atoms with Gasteiger partial charge in [-0.15, -0.1) is 0 Å². The van der Waals surface area contributed by atoms with Gasteiger partial charge in [0.2, 0.25) is 0 Å². The summed E-state index contributed by atoms with van der Waals surface area (Å²) >= 11 is 0. The van der Waals surface area contributed by atoms with E-state index in [0.717, 1.165) is 35.3 Å². The zero-order valence-electron chi connectivity index (χ0n) is 12.9. The van der Waals surface area contributed by atoms with Gasteiger partial charge in [-0.1, -0.05) is 18.2 Å². The molecule has 2 atom stereocenters. The molecule has 1 amide bonds. The number of rotatable bonds is 1. The predicted octanol–water partition coefficient (Wildman–Crippen LogP) is 2.70. The number of amides is 1. The summed E-state index contributed by atoms with van der Waals surface area (Å²) in [5.41, 5.74) is 3.28. The van der Waals surface area contributed by atoms with Crippen LogP contribution in [0.5, 0.6) is 5.75 Å². The Morgan fingerprint density at radius 1 is 1.22 bits per heavy atom. The summed E-state index contributed by atoms with van der Waals surface area (Å²) in [6, 6.07) is 14.1. The van der Waals surface area contributed by atoms with Crippen LogP contribution in [0.15, 0.2) is 42.5 Å². The minimum Gasteiger partial charge on any atom is -0.497 e. The number of hydrogen-bond acceptors (Lipinski definition) is 3. The van der Waals surface area contributed by atoms with Crippen molar-refractivity contribution < 1.29 is 14.3 Å². The highest BCUT2D eigenvalue weighted by atomic mass is 16.5. The number of methoxy groups -OCH3 is 1. The highest BCUT2D eigenvalue weighted by Gasteiger charge is 2.59. The topological polar surface area (TPSA) is 38.8 Å². The summed E-state index contributed by atoms with van der Waals surface area (Å²) in [5.74, 6) is 0.941. The second kappa shape index (κ2) is 4.36. The van der Waals surface area contributed by atoms with E-state index in [2.05, 4.69) is 12.1 Å². The smallest absolute Gasteiger partial charge is 0.257 e. The summed E-state index contributed by atoms with van der Waals surface area (Å²) in [6.07, 6.45) is 1.73. The van der Waals surface area contributed by atoms with Gasteiger partial charge >= 0.3 is 0 Å². The number of fused-ring (bicyclic) bond motifs is 2. The number of benzene rings is 2. The Balaban J connectivity index is 1.83. The third kappa shape index (κ3) is 1.47. The normalized spacial score (nSPS) is 27.3. The van der Waals surface area contributed by atoms with Crippen molar-refractivity contribution >= 4 is 5.91 Å². The van der Waals surface area contributed by atoms with Gasteiger partial charge in [0, 0.05) is 22.7 Å². The van der Waals surface area contributed by atoms with E-state index in [4.69, 9.17) is 9.47 Å². The van der Waals surface area contributed by atoms with Crippen LogP contribution in [0, 0.1) is 0 Å². The summed E-state index contributed by atoms with van der Waals surface area (Å²) in [7, 11) is 1.68. The molecular formula is C19H17NO3. The highest BCUT2D eigenvalue weighted by molar-refractivity contribution is 6.01. The van der Waals surface area contributed by atoms with Gasteiger partial charge in [0.05, 0.1) is 13.7 Å². The van der Waals surface area contributed by atoms with Crippen LogP contribution in [0.2, 0.25) is 0 Å². The van der Waals surface area contributed by atoms with Crippen LogP contribution in [0.3, 0.4) is 0 Å². The van der Waals surface area contributed by atoms with E-state index in [-0.39, 0.29) is 11.9 Å². The van der Waals surface area contributed by atoms with Gasteiger partial charge in [-0.2, -0.15) is 0 Å². The lowest BCUT2D eigenvalue weighted by molar-refractivity contribution is -0.166. The molecule has 0 saturated carbocycles. The van der Waals surface area contributed by atoms with Crippen LogP contribution >= 0.6 is 0 Å². The minimum absolute atomic E-state index is 0.0896. The maximum absolute atomic E-state index is 13.0. The fraction of sp³-hybridized carbons (Fsp3) is 0.316. The first-order valence-electron chi connectivity index (χ1n) is 8.00. The lowest BCUT2D eigenvalue weighted by atomic mass is 9.81. The molecule has 3 aliphatic heterocycles. The molecule has 0 N–H and O–H groups in total. The third-order valence-electron chi connectivity index (χ3n) is 5.34. The number of nitrogens with zero attached hydrogens (tertiary/aromatic N) is 1. The Labute approximate surface area is 134 Å². The molecule has 2 aromatic carbocycles. The summed E-state index contributed by atoms with van der Waals surface area (Å²) < 4.78 is 11.7. The van der Waals surface area contributed by atoms with Crippen molar-refractivity contribution in [1.29, 1.82) is 0 Å². The largest absolute Gasteiger partial charge is 0.497 e. The van der Waals surface area contributed by atoms with E-state index in [0.29, 0.717) is 6.61 Å². The second-order valence-corrected chi connectivity index (χ2v) is 6.38. The molecule has 1 fully saturated rings. The van der Waals surface area contributed by atoms with Crippen LogP contribution in [-0.2, 0) is 16.9 Å². The minimum atomic E-state index is -0.754. The molecule has 0 aliphatic carbocycles. The average Bonchev–Trinajstić information content (AvgIpc) is 2.86. The number of hydrogen-bond donors (Lipinski definition) is 0. The number of carbonyl (C=O) groups is 1. The van der Waals surface area contributed by atoms with E-state index < -0.39 is 5.72 Å². The summed E-state index contributed by atoms with van der Waals surface area (Å²) in [6.45, 7) is 0.675. The van der Waals surface area contributed by atoms with Crippen molar-refractivity contribution in [3.63, 3.8) is 0 Å². The first-order valence-corrected chi connectivity index (χ1v) is 8.00. The molecule has 4 heteroatoms. The molecule has 0 spiro atoms. The van der Waals surface area contributed by atoms with E-state index in [1.165, 1.54) is 5.56 Å². The second-order valence-electron chi connectivity index (χ2n) is 6.38. The van der Waals surface area contributed by atoms with Gasteiger partial charge in [-0.05, 0) is 42.7 Å². The Kier molecular flexibility index (Phi) is 2.49. The zero-order chi connectivity index (χ0) is 15.6. The fourth-order valence-corrected chi connectivity index (χ4v) is 4.41. The standard InChI is InChI=1S/C19H17NO3/c1-22-14-6-7-16-12(11-14)10-13-8-9-23-19(16)17-5-3-2-4-15(17)18(21)20(13)19/h2-7,11,13H,8-10H2,1H3/t13-,19-/m0/s1. The summed E-state index contributed by atoms with van der Waals surface area (Å²) in [4.78, 5) is 15.0. The molecule has 0 radical (unpaired) electrons. The molecule has 3 heterocycles. The molecule has 23 heavy (non-hydrogen) atoms. The van der Waals surface area contributed by atoms with Gasteiger partial charge in [0.25, 0.3) is 5.91 Å². The van der Waals surface area contributed by atoms with Crippen LogP contribution in [0.1, 0.15) is 33.5 Å². The van der Waals surface area contributed by atoms with E-state index in [9.17, 15) is 4.79 Å². The van der Waals surface area contributed by atoms with Crippen molar-refractivity contribution in [2.75, 3.05) is 13.7 Å². The van der Waals surface area contributed by atoms with E-state index in [1.807, 2.05) is 35.2 Å². The predicted molar refractivity (Wildman–Crippen MR) is 84.4 cm³/mol. The van der Waals surface area contributed by atoms with Crippen molar-refractivity contribution in [2.45, 2.75) is 24.6 Å². The van der Waals surface area contributed by atoms with Gasteiger partial charge in [-0.3, -0.25) is 9.69 Å². The number of ether oxygens (including phenoxy) is 2. The molecule has 0 aromatic heterocycles. The monoisotopic (exact) mass is 307 g/mol. The van der Waals surface area contributed by atoms with Crippen LogP contribution in [0.4, 0.5) is 0 Å². The average molecular weight is 307 g/mol. The Hall–Kier alpha value is -2.33. The zero-order valence-corrected chi connectivity index (χ0v) is 12.9. The maximum Gasteiger partial charge on any atom is 0.257 e. The Bertz CT molecular complexity index is 831. The van der Waals surface area contributed by atoms with E-state index in [1.54, 1.807) is 7.11 Å². The quantitative estimate of drug-likeness (QED) is 0.813. The first kappa shape index (κ1) is 13.1. The molecule has 3 aliphatic rings. The number of carbonyl (C=O) groups excluding carboxylic acids is 1. The molecule has 2 aromatic rings. The SMILES string of the molecule is COc1ccc2c(c1)C[C@@H]1CCO[C@]23c2ccccc2C(=O)N13. The molecular weight excluding hydrogens is 290 g/mol. The van der Waals surface area contributed by atoms with Gasteiger partial charge in [0.1, 0.15) is 5.75 Å². The van der Waals surface area contributed by atoms with Gasteiger partial charge in [-0.25, -0.2) is 0 Å². The molecule has 4 nitrogen and oxygen atoms in total. The first-order chi connectivity index (χ1) is 11.3. The fourth-order valence-electron chi connectivity index (χ4n) is 4.41. The summed E-state index contributed by atoms with van der Waals surface area (Å²) in [5, 5.41) is 0. The van der Waals surface area contributed by atoms with Gasteiger partial charge < -0.3 is 9.47 Å². The van der Waals surface area contributed by atoms with E-state index >= 15 is 0 Å². The highest BCUT2D eigenvalue weighted by Crippen LogP contribution is 2.53. The Morgan fingerprint density at radius 3 is 2.96 bits per heavy atom. The lowest BCUT2D eigenvalue weighted by Gasteiger charge is -2.51.